The van der Waals surface area contributed by atoms with E-state index < -0.39 is 0 Å². The van der Waals surface area contributed by atoms with Crippen LogP contribution in [0.2, 0.25) is 0 Å². The van der Waals surface area contributed by atoms with Gasteiger partial charge in [-0.1, -0.05) is 12.2 Å². The topological polar surface area (TPSA) is 65.6 Å². The van der Waals surface area contributed by atoms with Gasteiger partial charge in [0.15, 0.2) is 5.11 Å². The van der Waals surface area contributed by atoms with Crippen LogP contribution in [0.4, 0.5) is 5.95 Å². The van der Waals surface area contributed by atoms with Gasteiger partial charge < -0.3 is 10.6 Å². The summed E-state index contributed by atoms with van der Waals surface area (Å²) in [5, 5.41) is 12.6. The van der Waals surface area contributed by atoms with Gasteiger partial charge in [-0.05, 0) is 19.1 Å². The van der Waals surface area contributed by atoms with Crippen LogP contribution in [0.15, 0.2) is 18.5 Å². The SMILES string of the molecule is C=C(C)CNC(=S)Nc1ncn[nH]1. The third-order valence-corrected chi connectivity index (χ3v) is 1.44. The van der Waals surface area contributed by atoms with Crippen LogP contribution in [-0.4, -0.2) is 26.8 Å². The maximum atomic E-state index is 4.97. The van der Waals surface area contributed by atoms with E-state index in [1.807, 2.05) is 6.92 Å². The highest BCUT2D eigenvalue weighted by atomic mass is 32.1. The number of aromatic nitrogens is 3. The van der Waals surface area contributed by atoms with Gasteiger partial charge in [0, 0.05) is 6.54 Å². The molecule has 0 saturated heterocycles. The van der Waals surface area contributed by atoms with Gasteiger partial charge >= 0.3 is 0 Å². The van der Waals surface area contributed by atoms with Crippen molar-refractivity contribution < 1.29 is 0 Å². The Balaban J connectivity index is 2.30. The fraction of sp³-hybridized carbons (Fsp3) is 0.286. The Morgan fingerprint density at radius 2 is 2.54 bits per heavy atom. The van der Waals surface area contributed by atoms with Crippen LogP contribution in [0.25, 0.3) is 0 Å². The molecule has 5 nitrogen and oxygen atoms in total. The van der Waals surface area contributed by atoms with Gasteiger partial charge in [0.1, 0.15) is 6.33 Å². The number of nitrogens with zero attached hydrogens (tertiary/aromatic N) is 2. The molecule has 0 aromatic carbocycles. The lowest BCUT2D eigenvalue weighted by molar-refractivity contribution is 0.995. The minimum atomic E-state index is 0.500. The molecule has 0 aliphatic heterocycles. The summed E-state index contributed by atoms with van der Waals surface area (Å²) in [5.41, 5.74) is 1.02. The maximum Gasteiger partial charge on any atom is 0.224 e. The molecule has 0 radical (unpaired) electrons. The molecule has 1 heterocycles. The maximum absolute atomic E-state index is 4.97. The van der Waals surface area contributed by atoms with Crippen molar-refractivity contribution >= 4 is 23.3 Å². The number of nitrogens with one attached hydrogen (secondary N) is 3. The molecule has 0 aliphatic carbocycles. The van der Waals surface area contributed by atoms with Crippen LogP contribution in [0, 0.1) is 0 Å². The standard InChI is InChI=1S/C7H11N5S/c1-5(2)3-8-7(13)11-6-9-4-10-12-6/h4H,1,3H2,2H3,(H3,8,9,10,11,12,13). The zero-order chi connectivity index (χ0) is 9.68. The van der Waals surface area contributed by atoms with Gasteiger partial charge in [0.05, 0.1) is 0 Å². The van der Waals surface area contributed by atoms with Gasteiger partial charge in [0.25, 0.3) is 0 Å². The van der Waals surface area contributed by atoms with E-state index in [2.05, 4.69) is 32.4 Å². The van der Waals surface area contributed by atoms with Crippen LogP contribution in [-0.2, 0) is 0 Å². The number of H-pyrrole nitrogens is 1. The molecule has 6 heteroatoms. The monoisotopic (exact) mass is 197 g/mol. The first-order chi connectivity index (χ1) is 6.18. The van der Waals surface area contributed by atoms with E-state index in [1.54, 1.807) is 0 Å². The zero-order valence-electron chi connectivity index (χ0n) is 7.29. The minimum absolute atomic E-state index is 0.500. The molecule has 1 rings (SSSR count). The summed E-state index contributed by atoms with van der Waals surface area (Å²) in [6, 6.07) is 0. The smallest absolute Gasteiger partial charge is 0.224 e. The second kappa shape index (κ2) is 4.56. The first kappa shape index (κ1) is 9.66. The molecule has 0 fully saturated rings. The second-order valence-corrected chi connectivity index (χ2v) is 3.01. The molecular formula is C7H11N5S. The van der Waals surface area contributed by atoms with Crippen molar-refractivity contribution in [3.8, 4) is 0 Å². The van der Waals surface area contributed by atoms with Crippen LogP contribution in [0.5, 0.6) is 0 Å². The van der Waals surface area contributed by atoms with E-state index in [4.69, 9.17) is 12.2 Å². The minimum Gasteiger partial charge on any atom is -0.359 e. The van der Waals surface area contributed by atoms with E-state index in [-0.39, 0.29) is 0 Å². The molecule has 0 amide bonds. The van der Waals surface area contributed by atoms with Crippen molar-refractivity contribution in [1.82, 2.24) is 20.5 Å². The van der Waals surface area contributed by atoms with Crippen molar-refractivity contribution in [1.29, 1.82) is 0 Å². The Labute approximate surface area is 81.6 Å². The van der Waals surface area contributed by atoms with E-state index in [9.17, 15) is 0 Å². The lowest BCUT2D eigenvalue weighted by Crippen LogP contribution is -2.29. The largest absolute Gasteiger partial charge is 0.359 e. The van der Waals surface area contributed by atoms with Gasteiger partial charge in [-0.15, -0.1) is 0 Å². The summed E-state index contributed by atoms with van der Waals surface area (Å²) >= 11 is 4.97. The predicted molar refractivity (Wildman–Crippen MR) is 55.4 cm³/mol. The molecule has 1 aromatic rings. The van der Waals surface area contributed by atoms with E-state index >= 15 is 0 Å². The molecule has 70 valence electrons. The van der Waals surface area contributed by atoms with Crippen LogP contribution >= 0.6 is 12.2 Å². The Morgan fingerprint density at radius 3 is 3.08 bits per heavy atom. The van der Waals surface area contributed by atoms with E-state index in [0.29, 0.717) is 17.6 Å². The number of thiocarbonyl (C=S) groups is 1. The van der Waals surface area contributed by atoms with Crippen molar-refractivity contribution in [2.75, 3.05) is 11.9 Å². The average Bonchev–Trinajstić information content (AvgIpc) is 2.53. The van der Waals surface area contributed by atoms with Gasteiger partial charge in [0.2, 0.25) is 5.95 Å². The molecule has 1 aromatic heterocycles. The highest BCUT2D eigenvalue weighted by Crippen LogP contribution is 1.91. The molecule has 0 spiro atoms. The lowest BCUT2D eigenvalue weighted by Gasteiger charge is -2.06. The Morgan fingerprint density at radius 1 is 1.77 bits per heavy atom. The van der Waals surface area contributed by atoms with Gasteiger partial charge in [-0.3, -0.25) is 0 Å². The highest BCUT2D eigenvalue weighted by Gasteiger charge is 1.97. The number of hydrogen-bond donors (Lipinski definition) is 3. The summed E-state index contributed by atoms with van der Waals surface area (Å²) in [4.78, 5) is 3.86. The molecule has 13 heavy (non-hydrogen) atoms. The number of anilines is 1. The first-order valence-electron chi connectivity index (χ1n) is 3.73. The van der Waals surface area contributed by atoms with Crippen molar-refractivity contribution in [2.45, 2.75) is 6.92 Å². The van der Waals surface area contributed by atoms with Gasteiger partial charge in [-0.2, -0.15) is 10.1 Å². The van der Waals surface area contributed by atoms with E-state index in [1.165, 1.54) is 6.33 Å². The van der Waals surface area contributed by atoms with Crippen molar-refractivity contribution in [3.63, 3.8) is 0 Å². The van der Waals surface area contributed by atoms with Crippen LogP contribution in [0.1, 0.15) is 6.92 Å². The quantitative estimate of drug-likeness (QED) is 0.491. The predicted octanol–water partition coefficient (Wildman–Crippen LogP) is 0.667. The Kier molecular flexibility index (Phi) is 3.39. The number of rotatable bonds is 3. The lowest BCUT2D eigenvalue weighted by atomic mass is 10.3. The summed E-state index contributed by atoms with van der Waals surface area (Å²) in [7, 11) is 0. The van der Waals surface area contributed by atoms with Crippen molar-refractivity contribution in [3.05, 3.63) is 18.5 Å². The molecule has 0 aliphatic rings. The molecule has 0 saturated carbocycles. The van der Waals surface area contributed by atoms with Gasteiger partial charge in [-0.25, -0.2) is 5.10 Å². The molecular weight excluding hydrogens is 186 g/mol. The molecule has 0 unspecified atom stereocenters. The molecule has 0 atom stereocenters. The fourth-order valence-electron chi connectivity index (χ4n) is 0.649. The van der Waals surface area contributed by atoms with Crippen molar-refractivity contribution in [2.24, 2.45) is 0 Å². The first-order valence-corrected chi connectivity index (χ1v) is 4.14. The Hall–Kier alpha value is -1.43. The summed E-state index contributed by atoms with van der Waals surface area (Å²) in [5.74, 6) is 0.527. The third-order valence-electron chi connectivity index (χ3n) is 1.20. The molecule has 0 bridgehead atoms. The second-order valence-electron chi connectivity index (χ2n) is 2.60. The summed E-state index contributed by atoms with van der Waals surface area (Å²) in [6.45, 7) is 6.31. The van der Waals surface area contributed by atoms with Crippen LogP contribution in [0.3, 0.4) is 0 Å². The Bertz CT molecular complexity index is 292. The summed E-state index contributed by atoms with van der Waals surface area (Å²) < 4.78 is 0. The van der Waals surface area contributed by atoms with E-state index in [0.717, 1.165) is 5.57 Å². The number of aromatic amines is 1. The van der Waals surface area contributed by atoms with Crippen LogP contribution < -0.4 is 10.6 Å². The molecule has 3 N–H and O–H groups in total. The number of hydrogen-bond acceptors (Lipinski definition) is 3. The third kappa shape index (κ3) is 3.66. The highest BCUT2D eigenvalue weighted by molar-refractivity contribution is 7.80. The average molecular weight is 197 g/mol. The fourth-order valence-corrected chi connectivity index (χ4v) is 0.817. The zero-order valence-corrected chi connectivity index (χ0v) is 8.11. The normalized spacial score (nSPS) is 9.31. The summed E-state index contributed by atoms with van der Waals surface area (Å²) in [6.07, 6.45) is 1.41.